The molecule has 3 aromatic rings. The average Bonchev–Trinajstić information content (AvgIpc) is 2.86. The Morgan fingerprint density at radius 3 is 2.25 bits per heavy atom. The van der Waals surface area contributed by atoms with Gasteiger partial charge in [0.2, 0.25) is 23.2 Å². The van der Waals surface area contributed by atoms with Crippen molar-refractivity contribution >= 4 is 11.0 Å². The van der Waals surface area contributed by atoms with Gasteiger partial charge >= 0.3 is 0 Å². The van der Waals surface area contributed by atoms with E-state index in [2.05, 4.69) is 0 Å². The van der Waals surface area contributed by atoms with Crippen LogP contribution in [-0.4, -0.2) is 87.3 Å². The highest BCUT2D eigenvalue weighted by Gasteiger charge is 2.45. The van der Waals surface area contributed by atoms with E-state index in [1.54, 1.807) is 0 Å². The topological polar surface area (TPSA) is 209 Å². The standard InChI is InChI=1S/C23H24O13/c1-32-12-6-11-14(16(28)21(12)33-2)17(29)22(20(34-11)8-3-4-9(25)10(26)5-8)36-23-19(31)18(30)15(27)13(7-24)35-23/h3-6,13,15,18-19,23-28,30-31H,7H2,1-2H3/t13-,15+,18+,19-,23+/m1/s1. The molecule has 0 aliphatic carbocycles. The molecule has 1 aliphatic heterocycles. The van der Waals surface area contributed by atoms with E-state index >= 15 is 0 Å². The van der Waals surface area contributed by atoms with E-state index in [1.807, 2.05) is 0 Å². The van der Waals surface area contributed by atoms with Crippen LogP contribution in [0.1, 0.15) is 0 Å². The molecule has 0 unspecified atom stereocenters. The molecule has 1 saturated heterocycles. The maximum Gasteiger partial charge on any atom is 0.239 e. The summed E-state index contributed by atoms with van der Waals surface area (Å²) in [4.78, 5) is 13.6. The number of ether oxygens (including phenoxy) is 4. The molecule has 36 heavy (non-hydrogen) atoms. The van der Waals surface area contributed by atoms with Gasteiger partial charge in [-0.3, -0.25) is 4.79 Å². The summed E-state index contributed by atoms with van der Waals surface area (Å²) in [6.45, 7) is -0.742. The van der Waals surface area contributed by atoms with Crippen LogP contribution in [0, 0.1) is 0 Å². The average molecular weight is 508 g/mol. The Morgan fingerprint density at radius 1 is 0.917 bits per heavy atom. The fraction of sp³-hybridized carbons (Fsp3) is 0.348. The van der Waals surface area contributed by atoms with Gasteiger partial charge in [0.1, 0.15) is 35.4 Å². The van der Waals surface area contributed by atoms with Gasteiger partial charge in [-0.1, -0.05) is 0 Å². The number of phenolic OH excluding ortho intramolecular Hbond substituents is 3. The number of hydrogen-bond acceptors (Lipinski definition) is 13. The molecule has 2 heterocycles. The molecular weight excluding hydrogens is 484 g/mol. The Bertz CT molecular complexity index is 1330. The maximum absolute atomic E-state index is 13.6. The molecule has 1 aliphatic rings. The van der Waals surface area contributed by atoms with Crippen LogP contribution >= 0.6 is 0 Å². The zero-order valence-corrected chi connectivity index (χ0v) is 19.0. The number of aromatic hydroxyl groups is 3. The molecule has 4 rings (SSSR count). The van der Waals surface area contributed by atoms with Gasteiger partial charge in [-0.15, -0.1) is 0 Å². The van der Waals surface area contributed by atoms with E-state index in [0.717, 1.165) is 12.1 Å². The number of fused-ring (bicyclic) bond motifs is 1. The zero-order chi connectivity index (χ0) is 26.3. The van der Waals surface area contributed by atoms with Crippen LogP contribution in [0.2, 0.25) is 0 Å². The smallest absolute Gasteiger partial charge is 0.239 e. The van der Waals surface area contributed by atoms with Crippen LogP contribution in [0.4, 0.5) is 0 Å². The van der Waals surface area contributed by atoms with Crippen LogP contribution in [0.3, 0.4) is 0 Å². The van der Waals surface area contributed by atoms with E-state index < -0.39 is 65.7 Å². The first-order chi connectivity index (χ1) is 17.1. The fourth-order valence-corrected chi connectivity index (χ4v) is 3.87. The molecule has 194 valence electrons. The highest BCUT2D eigenvalue weighted by atomic mass is 16.7. The Kier molecular flexibility index (Phi) is 6.84. The van der Waals surface area contributed by atoms with Crippen molar-refractivity contribution < 1.29 is 59.1 Å². The van der Waals surface area contributed by atoms with E-state index in [1.165, 1.54) is 26.4 Å². The molecule has 0 saturated carbocycles. The Balaban J connectivity index is 1.96. The monoisotopic (exact) mass is 508 g/mol. The highest BCUT2D eigenvalue weighted by molar-refractivity contribution is 5.91. The van der Waals surface area contributed by atoms with Gasteiger partial charge in [-0.05, 0) is 18.2 Å². The number of aliphatic hydroxyl groups is 4. The van der Waals surface area contributed by atoms with Crippen LogP contribution < -0.4 is 19.6 Å². The summed E-state index contributed by atoms with van der Waals surface area (Å²) in [6.07, 6.45) is -8.44. The van der Waals surface area contributed by atoms with Crippen LogP contribution in [0.25, 0.3) is 22.3 Å². The van der Waals surface area contributed by atoms with Gasteiger partial charge in [0.05, 0.1) is 20.8 Å². The second-order valence-electron chi connectivity index (χ2n) is 7.94. The van der Waals surface area contributed by atoms with Gasteiger partial charge < -0.3 is 59.1 Å². The molecule has 5 atom stereocenters. The van der Waals surface area contributed by atoms with Crippen molar-refractivity contribution in [3.63, 3.8) is 0 Å². The minimum absolute atomic E-state index is 0.0350. The Hall–Kier alpha value is -3.75. The molecule has 0 bridgehead atoms. The summed E-state index contributed by atoms with van der Waals surface area (Å²) < 4.78 is 27.1. The van der Waals surface area contributed by atoms with Crippen molar-refractivity contribution in [2.45, 2.75) is 30.7 Å². The quantitative estimate of drug-likeness (QED) is 0.215. The second kappa shape index (κ2) is 9.72. The summed E-state index contributed by atoms with van der Waals surface area (Å²) in [5, 5.41) is 70.0. The fourth-order valence-electron chi connectivity index (χ4n) is 3.87. The zero-order valence-electron chi connectivity index (χ0n) is 19.0. The lowest BCUT2D eigenvalue weighted by Crippen LogP contribution is -2.60. The normalized spacial score (nSPS) is 24.0. The van der Waals surface area contributed by atoms with E-state index in [9.17, 15) is 40.5 Å². The van der Waals surface area contributed by atoms with Crippen molar-refractivity contribution in [2.75, 3.05) is 20.8 Å². The van der Waals surface area contributed by atoms with Gasteiger partial charge in [0.15, 0.2) is 28.8 Å². The van der Waals surface area contributed by atoms with E-state index in [-0.39, 0.29) is 33.8 Å². The third-order valence-corrected chi connectivity index (χ3v) is 5.78. The summed E-state index contributed by atoms with van der Waals surface area (Å²) >= 11 is 0. The summed E-state index contributed by atoms with van der Waals surface area (Å²) in [7, 11) is 2.54. The summed E-state index contributed by atoms with van der Waals surface area (Å²) in [5.74, 6) is -2.73. The van der Waals surface area contributed by atoms with Gasteiger partial charge in [-0.25, -0.2) is 0 Å². The molecule has 0 amide bonds. The van der Waals surface area contributed by atoms with Crippen molar-refractivity contribution in [2.24, 2.45) is 0 Å². The lowest BCUT2D eigenvalue weighted by atomic mass is 9.99. The molecule has 1 fully saturated rings. The molecular formula is C23H24O13. The molecule has 1 aromatic heterocycles. The SMILES string of the molecule is COc1cc2oc(-c3ccc(O)c(O)c3)c(O[C@@H]3O[C@H](CO)[C@H](O)[C@H](O)[C@H]3O)c(=O)c2c(O)c1OC. The van der Waals surface area contributed by atoms with Crippen molar-refractivity contribution in [1.29, 1.82) is 0 Å². The number of phenols is 3. The number of hydrogen-bond donors (Lipinski definition) is 7. The van der Waals surface area contributed by atoms with Crippen LogP contribution in [-0.2, 0) is 4.74 Å². The van der Waals surface area contributed by atoms with Gasteiger partial charge in [0, 0.05) is 11.6 Å². The summed E-state index contributed by atoms with van der Waals surface area (Å²) in [6, 6.07) is 4.76. The van der Waals surface area contributed by atoms with Crippen LogP contribution in [0.15, 0.2) is 33.5 Å². The second-order valence-corrected chi connectivity index (χ2v) is 7.94. The molecule has 0 radical (unpaired) electrons. The molecule has 13 nitrogen and oxygen atoms in total. The number of methoxy groups -OCH3 is 2. The van der Waals surface area contributed by atoms with Crippen molar-refractivity contribution in [1.82, 2.24) is 0 Å². The third kappa shape index (κ3) is 4.12. The van der Waals surface area contributed by atoms with Crippen molar-refractivity contribution in [3.8, 4) is 45.8 Å². The minimum Gasteiger partial charge on any atom is -0.504 e. The first kappa shape index (κ1) is 25.3. The maximum atomic E-state index is 13.6. The molecule has 13 heteroatoms. The molecule has 2 aromatic carbocycles. The Morgan fingerprint density at radius 2 is 1.64 bits per heavy atom. The van der Waals surface area contributed by atoms with E-state index in [0.29, 0.717) is 0 Å². The predicted octanol–water partition coefficient (Wildman–Crippen LogP) is -0.227. The first-order valence-electron chi connectivity index (χ1n) is 10.6. The van der Waals surface area contributed by atoms with Crippen LogP contribution in [0.5, 0.6) is 34.5 Å². The number of rotatable bonds is 6. The minimum atomic E-state index is -1.86. The number of aliphatic hydroxyl groups excluding tert-OH is 4. The molecule has 0 spiro atoms. The Labute approximate surface area is 202 Å². The lowest BCUT2D eigenvalue weighted by molar-refractivity contribution is -0.277. The lowest BCUT2D eigenvalue weighted by Gasteiger charge is -2.39. The molecule has 7 N–H and O–H groups in total. The highest BCUT2D eigenvalue weighted by Crippen LogP contribution is 2.44. The predicted molar refractivity (Wildman–Crippen MR) is 120 cm³/mol. The van der Waals surface area contributed by atoms with E-state index in [4.69, 9.17) is 23.4 Å². The summed E-state index contributed by atoms with van der Waals surface area (Å²) in [5.41, 5.74) is -1.09. The van der Waals surface area contributed by atoms with Gasteiger partial charge in [-0.2, -0.15) is 0 Å². The first-order valence-corrected chi connectivity index (χ1v) is 10.6. The largest absolute Gasteiger partial charge is 0.504 e. The van der Waals surface area contributed by atoms with Crippen molar-refractivity contribution in [3.05, 3.63) is 34.5 Å². The third-order valence-electron chi connectivity index (χ3n) is 5.78. The number of benzene rings is 2. The van der Waals surface area contributed by atoms with Gasteiger partial charge in [0.25, 0.3) is 0 Å².